The molecular weight excluding hydrogens is 250 g/mol. The molecule has 0 fully saturated rings. The molecule has 0 bridgehead atoms. The highest BCUT2D eigenvalue weighted by atomic mass is 32.2. The lowest BCUT2D eigenvalue weighted by Gasteiger charge is -1.90. The molecule has 2 aromatic rings. The van der Waals surface area contributed by atoms with Crippen LogP contribution in [0.4, 0.5) is 5.00 Å². The summed E-state index contributed by atoms with van der Waals surface area (Å²) < 4.78 is 27.0. The Kier molecular flexibility index (Phi) is 2.68. The summed E-state index contributed by atoms with van der Waals surface area (Å²) in [6.07, 6.45) is 1.11. The second-order valence-electron chi connectivity index (χ2n) is 3.28. The number of rotatable bonds is 3. The lowest BCUT2D eigenvalue weighted by molar-refractivity contribution is 0.425. The van der Waals surface area contributed by atoms with E-state index in [2.05, 4.69) is 10.1 Å². The van der Waals surface area contributed by atoms with Crippen LogP contribution in [0.5, 0.6) is 0 Å². The average Bonchev–Trinajstić information content (AvgIpc) is 2.71. The van der Waals surface area contributed by atoms with E-state index in [1.807, 2.05) is 0 Å². The molecule has 0 aliphatic heterocycles. The number of anilines is 1. The van der Waals surface area contributed by atoms with Crippen molar-refractivity contribution in [1.82, 2.24) is 10.1 Å². The Morgan fingerprint density at radius 3 is 2.88 bits per heavy atom. The van der Waals surface area contributed by atoms with E-state index in [-0.39, 0.29) is 17.5 Å². The molecule has 2 aromatic heterocycles. The summed E-state index contributed by atoms with van der Waals surface area (Å²) in [6, 6.07) is 1.75. The standard InChI is InChI=1S/C8H9N3O3S2/c1-16(12,13)4-6-10-8(14-11-6)5-2-3-15-7(5)9/h2-3H,4,9H2,1H3. The Balaban J connectivity index is 2.30. The van der Waals surface area contributed by atoms with Gasteiger partial charge in [-0.05, 0) is 11.4 Å². The maximum atomic E-state index is 11.0. The van der Waals surface area contributed by atoms with Gasteiger partial charge in [-0.2, -0.15) is 4.98 Å². The summed E-state index contributed by atoms with van der Waals surface area (Å²) >= 11 is 1.35. The van der Waals surface area contributed by atoms with Crippen LogP contribution >= 0.6 is 11.3 Å². The van der Waals surface area contributed by atoms with Gasteiger partial charge in [0.1, 0.15) is 5.75 Å². The first-order chi connectivity index (χ1) is 7.46. The molecule has 8 heteroatoms. The van der Waals surface area contributed by atoms with E-state index in [0.29, 0.717) is 10.6 Å². The summed E-state index contributed by atoms with van der Waals surface area (Å²) in [5.74, 6) is 0.154. The third-order valence-corrected chi connectivity index (χ3v) is 3.31. The molecule has 0 aliphatic rings. The maximum Gasteiger partial charge on any atom is 0.260 e. The molecule has 6 nitrogen and oxygen atoms in total. The highest BCUT2D eigenvalue weighted by Gasteiger charge is 2.15. The largest absolute Gasteiger partial charge is 0.390 e. The number of sulfone groups is 1. The Morgan fingerprint density at radius 2 is 2.31 bits per heavy atom. The summed E-state index contributed by atoms with van der Waals surface area (Å²) in [7, 11) is -3.16. The van der Waals surface area contributed by atoms with Crippen molar-refractivity contribution in [2.24, 2.45) is 0 Å². The number of nitrogen functional groups attached to an aromatic ring is 1. The summed E-state index contributed by atoms with van der Waals surface area (Å²) in [6.45, 7) is 0. The SMILES string of the molecule is CS(=O)(=O)Cc1noc(-c2ccsc2N)n1. The predicted octanol–water partition coefficient (Wildman–Crippen LogP) is 0.925. The fourth-order valence-corrected chi connectivity index (χ4v) is 2.37. The number of hydrogen-bond acceptors (Lipinski definition) is 7. The third kappa shape index (κ3) is 2.39. The van der Waals surface area contributed by atoms with Gasteiger partial charge >= 0.3 is 0 Å². The first-order valence-electron chi connectivity index (χ1n) is 4.29. The topological polar surface area (TPSA) is 99.1 Å². The van der Waals surface area contributed by atoms with Crippen molar-refractivity contribution >= 4 is 26.2 Å². The van der Waals surface area contributed by atoms with Crippen molar-refractivity contribution in [3.8, 4) is 11.5 Å². The smallest absolute Gasteiger partial charge is 0.260 e. The molecule has 2 N–H and O–H groups in total. The molecule has 86 valence electrons. The van der Waals surface area contributed by atoms with Gasteiger partial charge in [-0.15, -0.1) is 11.3 Å². The molecule has 0 saturated carbocycles. The Hall–Kier alpha value is -1.41. The van der Waals surface area contributed by atoms with Crippen LogP contribution in [-0.4, -0.2) is 24.8 Å². The van der Waals surface area contributed by atoms with Crippen molar-refractivity contribution in [3.63, 3.8) is 0 Å². The Morgan fingerprint density at radius 1 is 1.56 bits per heavy atom. The third-order valence-electron chi connectivity index (χ3n) is 1.78. The van der Waals surface area contributed by atoms with Crippen LogP contribution in [0.25, 0.3) is 11.5 Å². The van der Waals surface area contributed by atoms with E-state index < -0.39 is 9.84 Å². The molecule has 0 unspecified atom stereocenters. The predicted molar refractivity (Wildman–Crippen MR) is 60.6 cm³/mol. The molecule has 0 saturated heterocycles. The van der Waals surface area contributed by atoms with Crippen molar-refractivity contribution in [1.29, 1.82) is 0 Å². The molecule has 2 rings (SSSR count). The minimum Gasteiger partial charge on any atom is -0.390 e. The Bertz CT molecular complexity index is 600. The van der Waals surface area contributed by atoms with Crippen molar-refractivity contribution in [2.75, 3.05) is 12.0 Å². The van der Waals surface area contributed by atoms with Crippen molar-refractivity contribution in [2.45, 2.75) is 5.75 Å². The van der Waals surface area contributed by atoms with Gasteiger partial charge in [0.2, 0.25) is 0 Å². The van der Waals surface area contributed by atoms with Gasteiger partial charge in [0.25, 0.3) is 5.89 Å². The molecule has 2 heterocycles. The van der Waals surface area contributed by atoms with Gasteiger partial charge in [-0.3, -0.25) is 0 Å². The zero-order valence-electron chi connectivity index (χ0n) is 8.37. The maximum absolute atomic E-state index is 11.0. The van der Waals surface area contributed by atoms with Crippen LogP contribution in [0.15, 0.2) is 16.0 Å². The first kappa shape index (κ1) is 11.1. The van der Waals surface area contributed by atoms with Crippen molar-refractivity contribution in [3.05, 3.63) is 17.3 Å². The fourth-order valence-electron chi connectivity index (χ4n) is 1.15. The van der Waals surface area contributed by atoms with Crippen LogP contribution in [-0.2, 0) is 15.6 Å². The van der Waals surface area contributed by atoms with Crippen molar-refractivity contribution < 1.29 is 12.9 Å². The van der Waals surface area contributed by atoms with E-state index in [1.165, 1.54) is 11.3 Å². The minimum atomic E-state index is -3.16. The van der Waals surface area contributed by atoms with E-state index in [4.69, 9.17) is 10.3 Å². The van der Waals surface area contributed by atoms with Crippen LogP contribution in [0.1, 0.15) is 5.82 Å². The summed E-state index contributed by atoms with van der Waals surface area (Å²) in [4.78, 5) is 3.97. The summed E-state index contributed by atoms with van der Waals surface area (Å²) in [5, 5.41) is 5.94. The zero-order valence-corrected chi connectivity index (χ0v) is 10.0. The van der Waals surface area contributed by atoms with Gasteiger partial charge in [0.05, 0.1) is 10.6 Å². The second kappa shape index (κ2) is 3.87. The van der Waals surface area contributed by atoms with Crippen LogP contribution in [0.2, 0.25) is 0 Å². The summed E-state index contributed by atoms with van der Waals surface area (Å²) in [5.41, 5.74) is 6.32. The van der Waals surface area contributed by atoms with E-state index in [0.717, 1.165) is 6.26 Å². The highest BCUT2D eigenvalue weighted by Crippen LogP contribution is 2.29. The van der Waals surface area contributed by atoms with E-state index in [9.17, 15) is 8.42 Å². The number of aromatic nitrogens is 2. The average molecular weight is 259 g/mol. The molecule has 0 aliphatic carbocycles. The number of thiophene rings is 1. The second-order valence-corrected chi connectivity index (χ2v) is 6.37. The molecule has 0 aromatic carbocycles. The van der Waals surface area contributed by atoms with Crippen LogP contribution in [0, 0.1) is 0 Å². The Labute approximate surface area is 96.0 Å². The van der Waals surface area contributed by atoms with Gasteiger partial charge in [-0.25, -0.2) is 8.42 Å². The zero-order chi connectivity index (χ0) is 11.8. The number of nitrogens with zero attached hydrogens (tertiary/aromatic N) is 2. The van der Waals surface area contributed by atoms with Gasteiger partial charge in [0.15, 0.2) is 15.7 Å². The molecule has 0 atom stereocenters. The van der Waals surface area contributed by atoms with Gasteiger partial charge in [-0.1, -0.05) is 5.16 Å². The first-order valence-corrected chi connectivity index (χ1v) is 7.23. The van der Waals surface area contributed by atoms with E-state index >= 15 is 0 Å². The van der Waals surface area contributed by atoms with Gasteiger partial charge in [0, 0.05) is 6.26 Å². The van der Waals surface area contributed by atoms with E-state index in [1.54, 1.807) is 11.4 Å². The molecular formula is C8H9N3O3S2. The van der Waals surface area contributed by atoms with Crippen LogP contribution in [0.3, 0.4) is 0 Å². The molecule has 0 spiro atoms. The molecule has 0 radical (unpaired) electrons. The highest BCUT2D eigenvalue weighted by molar-refractivity contribution is 7.89. The monoisotopic (exact) mass is 259 g/mol. The van der Waals surface area contributed by atoms with Crippen LogP contribution < -0.4 is 5.73 Å². The minimum absolute atomic E-state index is 0.142. The molecule has 16 heavy (non-hydrogen) atoms. The quantitative estimate of drug-likeness (QED) is 0.880. The normalized spacial score (nSPS) is 11.8. The lowest BCUT2D eigenvalue weighted by atomic mass is 10.3. The number of nitrogens with two attached hydrogens (primary N) is 1. The number of hydrogen-bond donors (Lipinski definition) is 1. The van der Waals surface area contributed by atoms with Gasteiger partial charge < -0.3 is 10.3 Å². The fraction of sp³-hybridized carbons (Fsp3) is 0.250. The molecule has 0 amide bonds. The lowest BCUT2D eigenvalue weighted by Crippen LogP contribution is -2.02.